The first kappa shape index (κ1) is 17.5. The smallest absolute Gasteiger partial charge is 0.246 e. The van der Waals surface area contributed by atoms with Crippen LogP contribution in [0.4, 0.5) is 5.82 Å². The number of fused-ring (bicyclic) bond motifs is 1. The number of anilines is 1. The number of hydrogen-bond acceptors (Lipinski definition) is 7. The van der Waals surface area contributed by atoms with E-state index in [0.29, 0.717) is 19.6 Å². The third-order valence-electron chi connectivity index (χ3n) is 4.17. The van der Waals surface area contributed by atoms with Gasteiger partial charge in [-0.15, -0.1) is 5.10 Å². The summed E-state index contributed by atoms with van der Waals surface area (Å²) in [5.74, 6) is 0.913. The molecule has 0 fully saturated rings. The fourth-order valence-electron chi connectivity index (χ4n) is 2.81. The molecule has 25 heavy (non-hydrogen) atoms. The molecule has 0 unspecified atom stereocenters. The van der Waals surface area contributed by atoms with Crippen LogP contribution in [0.5, 0.6) is 0 Å². The minimum atomic E-state index is 0.0710. The van der Waals surface area contributed by atoms with Gasteiger partial charge in [-0.3, -0.25) is 4.79 Å². The number of carbonyl (C=O) groups is 1. The highest BCUT2D eigenvalue weighted by atomic mass is 32.1. The van der Waals surface area contributed by atoms with Crippen molar-refractivity contribution in [2.45, 2.75) is 40.2 Å². The molecular weight excluding hydrogens is 336 g/mol. The number of aryl methyl sites for hydroxylation is 1. The summed E-state index contributed by atoms with van der Waals surface area (Å²) in [4.78, 5) is 24.1. The predicted molar refractivity (Wildman–Crippen MR) is 97.4 cm³/mol. The summed E-state index contributed by atoms with van der Waals surface area (Å²) in [6, 6.07) is 0. The van der Waals surface area contributed by atoms with Gasteiger partial charge in [0, 0.05) is 31.1 Å². The van der Waals surface area contributed by atoms with E-state index in [4.69, 9.17) is 0 Å². The maximum atomic E-state index is 12.3. The average molecular weight is 358 g/mol. The zero-order valence-corrected chi connectivity index (χ0v) is 15.6. The van der Waals surface area contributed by atoms with Crippen molar-refractivity contribution < 1.29 is 4.79 Å². The van der Waals surface area contributed by atoms with E-state index in [1.807, 2.05) is 25.7 Å². The molecule has 3 heterocycles. The quantitative estimate of drug-likeness (QED) is 0.843. The molecule has 0 saturated heterocycles. The van der Waals surface area contributed by atoms with E-state index in [1.54, 1.807) is 12.4 Å². The highest BCUT2D eigenvalue weighted by molar-refractivity contribution is 7.05. The van der Waals surface area contributed by atoms with Crippen LogP contribution in [0, 0.1) is 6.92 Å². The van der Waals surface area contributed by atoms with Gasteiger partial charge in [0.25, 0.3) is 0 Å². The Hall–Kier alpha value is -2.35. The molecule has 3 rings (SSSR count). The number of nitrogens with zero attached hydrogens (tertiary/aromatic N) is 5. The van der Waals surface area contributed by atoms with E-state index < -0.39 is 0 Å². The monoisotopic (exact) mass is 358 g/mol. The molecule has 1 N–H and O–H groups in total. The van der Waals surface area contributed by atoms with E-state index in [0.717, 1.165) is 46.1 Å². The molecule has 1 aliphatic heterocycles. The van der Waals surface area contributed by atoms with Gasteiger partial charge in [-0.2, -0.15) is 0 Å². The molecule has 0 saturated carbocycles. The van der Waals surface area contributed by atoms with Crippen LogP contribution in [0.15, 0.2) is 18.0 Å². The van der Waals surface area contributed by atoms with Crippen molar-refractivity contribution >= 4 is 23.3 Å². The summed E-state index contributed by atoms with van der Waals surface area (Å²) in [6.07, 6.45) is 4.78. The first-order chi connectivity index (χ1) is 12.0. The summed E-state index contributed by atoms with van der Waals surface area (Å²) >= 11 is 1.39. The summed E-state index contributed by atoms with van der Waals surface area (Å²) < 4.78 is 3.96. The fourth-order valence-corrected chi connectivity index (χ4v) is 3.39. The molecule has 2 aromatic heterocycles. The van der Waals surface area contributed by atoms with E-state index in [-0.39, 0.29) is 5.91 Å². The van der Waals surface area contributed by atoms with Crippen LogP contribution in [0.2, 0.25) is 0 Å². The lowest BCUT2D eigenvalue weighted by atomic mass is 10.1. The average Bonchev–Trinajstić information content (AvgIpc) is 2.85. The second-order valence-electron chi connectivity index (χ2n) is 6.33. The van der Waals surface area contributed by atoms with E-state index in [9.17, 15) is 4.79 Å². The zero-order valence-electron chi connectivity index (χ0n) is 14.7. The third-order valence-corrected chi connectivity index (χ3v) is 4.99. The van der Waals surface area contributed by atoms with E-state index >= 15 is 0 Å². The largest absolute Gasteiger partial charge is 0.365 e. The summed E-state index contributed by atoms with van der Waals surface area (Å²) in [5, 5.41) is 7.41. The van der Waals surface area contributed by atoms with Crippen molar-refractivity contribution in [3.63, 3.8) is 0 Å². The van der Waals surface area contributed by atoms with Crippen LogP contribution in [-0.2, 0) is 24.2 Å². The molecule has 0 aliphatic carbocycles. The molecule has 0 aromatic carbocycles. The Morgan fingerprint density at radius 2 is 2.12 bits per heavy atom. The van der Waals surface area contributed by atoms with Gasteiger partial charge in [-0.1, -0.05) is 10.1 Å². The number of amides is 1. The number of rotatable bonds is 4. The van der Waals surface area contributed by atoms with Crippen LogP contribution < -0.4 is 5.32 Å². The molecule has 2 aromatic rings. The molecule has 0 atom stereocenters. The summed E-state index contributed by atoms with van der Waals surface area (Å²) in [6.45, 7) is 7.84. The lowest BCUT2D eigenvalue weighted by Gasteiger charge is -2.18. The van der Waals surface area contributed by atoms with Crippen LogP contribution in [0.3, 0.4) is 0 Å². The van der Waals surface area contributed by atoms with Gasteiger partial charge >= 0.3 is 0 Å². The fraction of sp³-hybridized carbons (Fsp3) is 0.471. The van der Waals surface area contributed by atoms with Crippen molar-refractivity contribution in [3.05, 3.63) is 39.8 Å². The number of hydrogen-bond donors (Lipinski definition) is 1. The van der Waals surface area contributed by atoms with Gasteiger partial charge < -0.3 is 10.2 Å². The molecule has 0 spiro atoms. The van der Waals surface area contributed by atoms with Gasteiger partial charge in [0.1, 0.15) is 12.1 Å². The lowest BCUT2D eigenvalue weighted by molar-refractivity contribution is -0.125. The Bertz CT molecular complexity index is 796. The number of allylic oxidation sites excluding steroid dienone is 1. The van der Waals surface area contributed by atoms with Crippen LogP contribution >= 0.6 is 11.5 Å². The number of nitrogens with one attached hydrogen (secondary N) is 1. The Morgan fingerprint density at radius 3 is 2.84 bits per heavy atom. The normalized spacial score (nSPS) is 13.8. The molecule has 132 valence electrons. The molecule has 0 bridgehead atoms. The Morgan fingerprint density at radius 1 is 1.32 bits per heavy atom. The van der Waals surface area contributed by atoms with E-state index in [2.05, 4.69) is 24.9 Å². The zero-order chi connectivity index (χ0) is 17.8. The standard InChI is InChI=1S/C17H22N6OS/c1-11(2)8-16(24)23-6-4-13-14(5-7-23)19-10-20-17(13)18-9-15-12(3)21-22-25-15/h8,10H,4-7,9H2,1-3H3,(H,18,19,20). The van der Waals surface area contributed by atoms with Crippen molar-refractivity contribution in [3.8, 4) is 0 Å². The van der Waals surface area contributed by atoms with Crippen molar-refractivity contribution in [2.24, 2.45) is 0 Å². The first-order valence-electron chi connectivity index (χ1n) is 8.33. The minimum Gasteiger partial charge on any atom is -0.365 e. The first-order valence-corrected chi connectivity index (χ1v) is 9.10. The topological polar surface area (TPSA) is 83.9 Å². The lowest BCUT2D eigenvalue weighted by Crippen LogP contribution is -2.32. The Labute approximate surface area is 151 Å². The molecule has 7 nitrogen and oxygen atoms in total. The van der Waals surface area contributed by atoms with Crippen LogP contribution in [0.1, 0.15) is 35.7 Å². The van der Waals surface area contributed by atoms with E-state index in [1.165, 1.54) is 11.5 Å². The third kappa shape index (κ3) is 4.19. The Balaban J connectivity index is 1.73. The van der Waals surface area contributed by atoms with Gasteiger partial charge in [0.05, 0.1) is 22.8 Å². The highest BCUT2D eigenvalue weighted by Crippen LogP contribution is 2.22. The molecule has 8 heteroatoms. The predicted octanol–water partition coefficient (Wildman–Crippen LogP) is 2.14. The summed E-state index contributed by atoms with van der Waals surface area (Å²) in [7, 11) is 0. The second-order valence-corrected chi connectivity index (χ2v) is 7.17. The number of carbonyl (C=O) groups excluding carboxylic acids is 1. The van der Waals surface area contributed by atoms with Gasteiger partial charge in [0.15, 0.2) is 0 Å². The van der Waals surface area contributed by atoms with Crippen LogP contribution in [-0.4, -0.2) is 43.5 Å². The highest BCUT2D eigenvalue weighted by Gasteiger charge is 2.20. The molecule has 1 aliphatic rings. The molecule has 0 radical (unpaired) electrons. The minimum absolute atomic E-state index is 0.0710. The molecule has 1 amide bonds. The van der Waals surface area contributed by atoms with Crippen LogP contribution in [0.25, 0.3) is 0 Å². The van der Waals surface area contributed by atoms with Gasteiger partial charge in [-0.05, 0) is 38.7 Å². The summed E-state index contributed by atoms with van der Waals surface area (Å²) in [5.41, 5.74) is 4.08. The Kier molecular flexibility index (Phi) is 5.37. The maximum Gasteiger partial charge on any atom is 0.246 e. The van der Waals surface area contributed by atoms with Crippen molar-refractivity contribution in [1.82, 2.24) is 24.5 Å². The SMILES string of the molecule is CC(C)=CC(=O)N1CCc2ncnc(NCc3snnc3C)c2CC1. The van der Waals surface area contributed by atoms with Gasteiger partial charge in [-0.25, -0.2) is 9.97 Å². The van der Waals surface area contributed by atoms with Gasteiger partial charge in [0.2, 0.25) is 5.91 Å². The molecular formula is C17H22N6OS. The van der Waals surface area contributed by atoms with Crippen molar-refractivity contribution in [2.75, 3.05) is 18.4 Å². The number of aromatic nitrogens is 4. The maximum absolute atomic E-state index is 12.3. The second kappa shape index (κ2) is 7.69. The van der Waals surface area contributed by atoms with Crippen molar-refractivity contribution in [1.29, 1.82) is 0 Å².